The summed E-state index contributed by atoms with van der Waals surface area (Å²) < 4.78 is 10.7. The number of Topliss-reactive ketones (excluding diaryl/α,β-unsaturated/α-hetero) is 1. The van der Waals surface area contributed by atoms with Crippen molar-refractivity contribution in [3.8, 4) is 11.5 Å². The molecule has 5 heteroatoms. The van der Waals surface area contributed by atoms with Gasteiger partial charge in [0.25, 0.3) is 5.91 Å². The highest BCUT2D eigenvalue weighted by atomic mass is 16.5. The molecule has 0 unspecified atom stereocenters. The second-order valence-corrected chi connectivity index (χ2v) is 5.58. The average molecular weight is 327 g/mol. The van der Waals surface area contributed by atoms with E-state index >= 15 is 0 Å². The lowest BCUT2D eigenvalue weighted by Crippen LogP contribution is -2.20. The fourth-order valence-corrected chi connectivity index (χ4v) is 2.29. The van der Waals surface area contributed by atoms with E-state index in [0.717, 1.165) is 16.8 Å². The first-order valence-corrected chi connectivity index (χ1v) is 7.59. The predicted octanol–water partition coefficient (Wildman–Crippen LogP) is 3.53. The third-order valence-corrected chi connectivity index (χ3v) is 3.58. The van der Waals surface area contributed by atoms with E-state index in [0.29, 0.717) is 17.1 Å². The normalized spacial score (nSPS) is 10.2. The van der Waals surface area contributed by atoms with Gasteiger partial charge in [-0.25, -0.2) is 0 Å². The third-order valence-electron chi connectivity index (χ3n) is 3.58. The first kappa shape index (κ1) is 17.5. The number of amides is 1. The number of nitrogens with one attached hydrogen (secondary N) is 1. The quantitative estimate of drug-likeness (QED) is 0.824. The first-order valence-electron chi connectivity index (χ1n) is 7.59. The molecule has 0 heterocycles. The zero-order chi connectivity index (χ0) is 17.7. The van der Waals surface area contributed by atoms with E-state index in [4.69, 9.17) is 9.47 Å². The van der Waals surface area contributed by atoms with Crippen LogP contribution < -0.4 is 14.8 Å². The summed E-state index contributed by atoms with van der Waals surface area (Å²) in [4.78, 5) is 23.5. The maximum atomic E-state index is 12.1. The van der Waals surface area contributed by atoms with Gasteiger partial charge in [0.1, 0.15) is 0 Å². The molecule has 5 nitrogen and oxygen atoms in total. The van der Waals surface area contributed by atoms with Crippen LogP contribution in [0.15, 0.2) is 36.4 Å². The summed E-state index contributed by atoms with van der Waals surface area (Å²) in [5.74, 6) is 0.507. The molecular weight excluding hydrogens is 306 g/mol. The standard InChI is InChI=1S/C19H21NO4/c1-12-5-7-16(13(2)9-12)20-19(22)11-24-17-8-6-15(14(3)21)10-18(17)23-4/h5-10H,11H2,1-4H3,(H,20,22). The molecule has 0 saturated heterocycles. The molecule has 0 aromatic heterocycles. The Bertz CT molecular complexity index is 768. The summed E-state index contributed by atoms with van der Waals surface area (Å²) in [6.07, 6.45) is 0. The molecule has 0 fully saturated rings. The lowest BCUT2D eigenvalue weighted by Gasteiger charge is -2.12. The Morgan fingerprint density at radius 1 is 1.04 bits per heavy atom. The topological polar surface area (TPSA) is 64.6 Å². The number of methoxy groups -OCH3 is 1. The molecule has 0 aliphatic heterocycles. The Morgan fingerprint density at radius 2 is 1.79 bits per heavy atom. The van der Waals surface area contributed by atoms with Crippen molar-refractivity contribution >= 4 is 17.4 Å². The van der Waals surface area contributed by atoms with Crippen molar-refractivity contribution in [2.75, 3.05) is 19.0 Å². The summed E-state index contributed by atoms with van der Waals surface area (Å²) in [7, 11) is 1.49. The van der Waals surface area contributed by atoms with Gasteiger partial charge in [-0.3, -0.25) is 9.59 Å². The minimum atomic E-state index is -0.264. The van der Waals surface area contributed by atoms with Crippen LogP contribution in [0.2, 0.25) is 0 Å². The van der Waals surface area contributed by atoms with E-state index in [-0.39, 0.29) is 18.3 Å². The Kier molecular flexibility index (Phi) is 5.58. The van der Waals surface area contributed by atoms with Crippen LogP contribution in [0.4, 0.5) is 5.69 Å². The molecule has 126 valence electrons. The lowest BCUT2D eigenvalue weighted by atomic mass is 10.1. The maximum Gasteiger partial charge on any atom is 0.262 e. The SMILES string of the molecule is COc1cc(C(C)=O)ccc1OCC(=O)Nc1ccc(C)cc1C. The molecule has 2 aromatic carbocycles. The number of ether oxygens (including phenoxy) is 2. The van der Waals surface area contributed by atoms with Gasteiger partial charge < -0.3 is 14.8 Å². The van der Waals surface area contributed by atoms with Crippen LogP contribution >= 0.6 is 0 Å². The first-order chi connectivity index (χ1) is 11.4. The number of carbonyl (C=O) groups is 2. The highest BCUT2D eigenvalue weighted by Gasteiger charge is 2.11. The highest BCUT2D eigenvalue weighted by Crippen LogP contribution is 2.28. The van der Waals surface area contributed by atoms with Crippen LogP contribution in [0.25, 0.3) is 0 Å². The minimum absolute atomic E-state index is 0.0626. The van der Waals surface area contributed by atoms with Crippen molar-refractivity contribution in [2.24, 2.45) is 0 Å². The monoisotopic (exact) mass is 327 g/mol. The Hall–Kier alpha value is -2.82. The lowest BCUT2D eigenvalue weighted by molar-refractivity contribution is -0.118. The van der Waals surface area contributed by atoms with E-state index < -0.39 is 0 Å². The van der Waals surface area contributed by atoms with E-state index in [1.54, 1.807) is 18.2 Å². The van der Waals surface area contributed by atoms with Crippen molar-refractivity contribution in [3.05, 3.63) is 53.1 Å². The zero-order valence-corrected chi connectivity index (χ0v) is 14.3. The molecule has 0 radical (unpaired) electrons. The Morgan fingerprint density at radius 3 is 2.42 bits per heavy atom. The maximum absolute atomic E-state index is 12.1. The van der Waals surface area contributed by atoms with Crippen LogP contribution in [0.3, 0.4) is 0 Å². The molecule has 0 aliphatic carbocycles. The van der Waals surface area contributed by atoms with Gasteiger partial charge in [0.15, 0.2) is 23.9 Å². The van der Waals surface area contributed by atoms with Crippen molar-refractivity contribution in [2.45, 2.75) is 20.8 Å². The van der Waals surface area contributed by atoms with Crippen LogP contribution in [0.1, 0.15) is 28.4 Å². The Balaban J connectivity index is 2.02. The molecule has 0 atom stereocenters. The number of hydrogen-bond acceptors (Lipinski definition) is 4. The number of carbonyl (C=O) groups excluding carboxylic acids is 2. The number of ketones is 1. The van der Waals surface area contributed by atoms with Gasteiger partial charge in [0, 0.05) is 11.3 Å². The molecule has 2 rings (SSSR count). The second-order valence-electron chi connectivity index (χ2n) is 5.58. The third kappa shape index (κ3) is 4.35. The molecule has 0 bridgehead atoms. The van der Waals surface area contributed by atoms with Gasteiger partial charge in [0.2, 0.25) is 0 Å². The smallest absolute Gasteiger partial charge is 0.262 e. The average Bonchev–Trinajstić information content (AvgIpc) is 2.55. The molecule has 24 heavy (non-hydrogen) atoms. The van der Waals surface area contributed by atoms with E-state index in [1.165, 1.54) is 14.0 Å². The van der Waals surface area contributed by atoms with E-state index in [2.05, 4.69) is 5.32 Å². The summed E-state index contributed by atoms with van der Waals surface area (Å²) in [5, 5.41) is 2.82. The van der Waals surface area contributed by atoms with Gasteiger partial charge in [-0.1, -0.05) is 17.7 Å². The summed E-state index contributed by atoms with van der Waals surface area (Å²) >= 11 is 0. The van der Waals surface area contributed by atoms with Crippen molar-refractivity contribution in [3.63, 3.8) is 0 Å². The molecule has 2 aromatic rings. The predicted molar refractivity (Wildman–Crippen MR) is 93.0 cm³/mol. The highest BCUT2D eigenvalue weighted by molar-refractivity contribution is 5.95. The number of benzene rings is 2. The molecule has 1 N–H and O–H groups in total. The Labute approximate surface area is 141 Å². The molecule has 0 saturated carbocycles. The number of anilines is 1. The van der Waals surface area contributed by atoms with Crippen LogP contribution in [0.5, 0.6) is 11.5 Å². The second kappa shape index (κ2) is 7.64. The fraction of sp³-hybridized carbons (Fsp3) is 0.263. The fourth-order valence-electron chi connectivity index (χ4n) is 2.29. The zero-order valence-electron chi connectivity index (χ0n) is 14.3. The van der Waals surface area contributed by atoms with Crippen molar-refractivity contribution in [1.82, 2.24) is 0 Å². The van der Waals surface area contributed by atoms with Gasteiger partial charge in [-0.05, 0) is 50.6 Å². The van der Waals surface area contributed by atoms with E-state index in [9.17, 15) is 9.59 Å². The number of aryl methyl sites for hydroxylation is 2. The van der Waals surface area contributed by atoms with Crippen LogP contribution in [0, 0.1) is 13.8 Å². The molecular formula is C19H21NO4. The molecule has 1 amide bonds. The molecule has 0 spiro atoms. The van der Waals surface area contributed by atoms with Crippen LogP contribution in [-0.2, 0) is 4.79 Å². The van der Waals surface area contributed by atoms with Gasteiger partial charge in [-0.2, -0.15) is 0 Å². The largest absolute Gasteiger partial charge is 0.493 e. The molecule has 0 aliphatic rings. The summed E-state index contributed by atoms with van der Waals surface area (Å²) in [6.45, 7) is 5.27. The van der Waals surface area contributed by atoms with Crippen LogP contribution in [-0.4, -0.2) is 25.4 Å². The van der Waals surface area contributed by atoms with Gasteiger partial charge >= 0.3 is 0 Å². The van der Waals surface area contributed by atoms with Crippen molar-refractivity contribution in [1.29, 1.82) is 0 Å². The number of rotatable bonds is 6. The van der Waals surface area contributed by atoms with Crippen molar-refractivity contribution < 1.29 is 19.1 Å². The van der Waals surface area contributed by atoms with Gasteiger partial charge in [-0.15, -0.1) is 0 Å². The summed E-state index contributed by atoms with van der Waals surface area (Å²) in [5.41, 5.74) is 3.41. The van der Waals surface area contributed by atoms with E-state index in [1.807, 2.05) is 32.0 Å². The summed E-state index contributed by atoms with van der Waals surface area (Å²) in [6, 6.07) is 10.7. The number of hydrogen-bond donors (Lipinski definition) is 1. The van der Waals surface area contributed by atoms with Gasteiger partial charge in [0.05, 0.1) is 7.11 Å². The minimum Gasteiger partial charge on any atom is -0.493 e.